The summed E-state index contributed by atoms with van der Waals surface area (Å²) in [7, 11) is 1.69. The summed E-state index contributed by atoms with van der Waals surface area (Å²) in [5.74, 6) is 0.844. The van der Waals surface area contributed by atoms with Crippen LogP contribution in [0.4, 0.5) is 0 Å². The topological polar surface area (TPSA) is 26.3 Å². The summed E-state index contributed by atoms with van der Waals surface area (Å²) in [5, 5.41) is 0. The van der Waals surface area contributed by atoms with E-state index in [4.69, 9.17) is 4.74 Å². The molecule has 0 N–H and O–H groups in total. The zero-order valence-corrected chi connectivity index (χ0v) is 16.9. The minimum Gasteiger partial charge on any atom is -0.496 e. The Labute approximate surface area is 156 Å². The highest BCUT2D eigenvalue weighted by atomic mass is 79.9. The minimum atomic E-state index is -0.0229. The summed E-state index contributed by atoms with van der Waals surface area (Å²) in [6.45, 7) is 4.56. The Bertz CT molecular complexity index is 765. The number of aldehydes is 1. The molecule has 1 aliphatic rings. The molecule has 0 amide bonds. The van der Waals surface area contributed by atoms with Crippen LogP contribution < -0.4 is 4.74 Å². The molecule has 1 unspecified atom stereocenters. The number of carbonyl (C=O) groups excluding carboxylic acids is 1. The van der Waals surface area contributed by atoms with Gasteiger partial charge < -0.3 is 4.74 Å². The molecule has 0 radical (unpaired) electrons. The third-order valence-corrected chi connectivity index (χ3v) is 6.84. The molecule has 2 aromatic rings. The van der Waals surface area contributed by atoms with Crippen LogP contribution in [-0.4, -0.2) is 13.4 Å². The van der Waals surface area contributed by atoms with Crippen molar-refractivity contribution in [3.63, 3.8) is 0 Å². The number of rotatable bonds is 7. The van der Waals surface area contributed by atoms with Gasteiger partial charge in [-0.3, -0.25) is 4.79 Å². The van der Waals surface area contributed by atoms with Gasteiger partial charge in [-0.05, 0) is 57.2 Å². The number of unbranched alkanes of at least 4 members (excludes halogenated alkanes) is 3. The van der Waals surface area contributed by atoms with Crippen molar-refractivity contribution >= 4 is 33.6 Å². The number of methoxy groups -OCH3 is 1. The first-order valence-corrected chi connectivity index (χ1v) is 10.1. The van der Waals surface area contributed by atoms with Crippen LogP contribution >= 0.6 is 27.3 Å². The first-order valence-electron chi connectivity index (χ1n) is 8.53. The van der Waals surface area contributed by atoms with Gasteiger partial charge >= 0.3 is 0 Å². The molecule has 2 nitrogen and oxygen atoms in total. The molecule has 0 spiro atoms. The maximum absolute atomic E-state index is 11.3. The second-order valence-electron chi connectivity index (χ2n) is 6.68. The van der Waals surface area contributed by atoms with Gasteiger partial charge in [0, 0.05) is 10.3 Å². The number of fused-ring (bicyclic) bond motifs is 3. The zero-order chi connectivity index (χ0) is 17.3. The smallest absolute Gasteiger partial charge is 0.160 e. The van der Waals surface area contributed by atoms with Crippen LogP contribution in [0.3, 0.4) is 0 Å². The van der Waals surface area contributed by atoms with Crippen LogP contribution in [-0.2, 0) is 5.41 Å². The number of halogens is 1. The molecule has 1 aromatic carbocycles. The van der Waals surface area contributed by atoms with Crippen molar-refractivity contribution in [2.24, 2.45) is 0 Å². The number of hydrogen-bond donors (Lipinski definition) is 0. The number of hydrogen-bond acceptors (Lipinski definition) is 3. The average Bonchev–Trinajstić information content (AvgIpc) is 3.10. The van der Waals surface area contributed by atoms with Gasteiger partial charge in [-0.25, -0.2) is 0 Å². The lowest BCUT2D eigenvalue weighted by molar-refractivity contribution is 0.112. The highest BCUT2D eigenvalue weighted by Crippen LogP contribution is 2.56. The molecular formula is C20H23BrO2S. The highest BCUT2D eigenvalue weighted by Gasteiger charge is 2.41. The first-order chi connectivity index (χ1) is 11.5. The Morgan fingerprint density at radius 3 is 2.67 bits per heavy atom. The molecule has 1 aromatic heterocycles. The molecule has 0 saturated carbocycles. The molecule has 1 atom stereocenters. The monoisotopic (exact) mass is 406 g/mol. The lowest BCUT2D eigenvalue weighted by Gasteiger charge is -2.27. The molecule has 1 heterocycles. The van der Waals surface area contributed by atoms with Gasteiger partial charge in [0.15, 0.2) is 6.29 Å². The third kappa shape index (κ3) is 2.84. The second kappa shape index (κ2) is 7.01. The highest BCUT2D eigenvalue weighted by molar-refractivity contribution is 9.10. The number of ether oxygens (including phenoxy) is 1. The first kappa shape index (κ1) is 17.7. The molecule has 0 fully saturated rings. The van der Waals surface area contributed by atoms with Crippen LogP contribution in [0.5, 0.6) is 5.75 Å². The Hall–Kier alpha value is -1.13. The number of carbonyl (C=O) groups is 1. The van der Waals surface area contributed by atoms with Gasteiger partial charge in [-0.1, -0.05) is 39.5 Å². The van der Waals surface area contributed by atoms with Crippen molar-refractivity contribution in [3.8, 4) is 16.2 Å². The molecule has 0 bridgehead atoms. The third-order valence-electron chi connectivity index (χ3n) is 5.12. The van der Waals surface area contributed by atoms with Crippen molar-refractivity contribution in [3.05, 3.63) is 38.7 Å². The molecule has 3 rings (SSSR count). The Morgan fingerprint density at radius 1 is 1.21 bits per heavy atom. The van der Waals surface area contributed by atoms with E-state index >= 15 is 0 Å². The van der Waals surface area contributed by atoms with Crippen LogP contribution in [0, 0.1) is 0 Å². The largest absolute Gasteiger partial charge is 0.496 e. The van der Waals surface area contributed by atoms with Crippen molar-refractivity contribution in [1.82, 2.24) is 0 Å². The molecular weight excluding hydrogens is 384 g/mol. The predicted molar refractivity (Wildman–Crippen MR) is 105 cm³/mol. The Balaban J connectivity index is 2.08. The lowest BCUT2D eigenvalue weighted by Crippen LogP contribution is -2.20. The van der Waals surface area contributed by atoms with E-state index in [2.05, 4.69) is 48.0 Å². The SMILES string of the molecule is CCCCCCC1(C)c2cc(Br)c(OC)cc2-c2sc(C=O)cc21. The molecule has 1 aliphatic carbocycles. The summed E-state index contributed by atoms with van der Waals surface area (Å²) in [6.07, 6.45) is 7.08. The van der Waals surface area contributed by atoms with Crippen molar-refractivity contribution < 1.29 is 9.53 Å². The van der Waals surface area contributed by atoms with Crippen molar-refractivity contribution in [2.75, 3.05) is 7.11 Å². The summed E-state index contributed by atoms with van der Waals surface area (Å²) in [6, 6.07) is 6.41. The fourth-order valence-electron chi connectivity index (χ4n) is 3.75. The fraction of sp³-hybridized carbons (Fsp3) is 0.450. The lowest BCUT2D eigenvalue weighted by atomic mass is 9.76. The van der Waals surface area contributed by atoms with E-state index in [1.54, 1.807) is 18.4 Å². The molecule has 0 saturated heterocycles. The summed E-state index contributed by atoms with van der Waals surface area (Å²) >= 11 is 5.24. The van der Waals surface area contributed by atoms with E-state index < -0.39 is 0 Å². The van der Waals surface area contributed by atoms with E-state index in [9.17, 15) is 4.79 Å². The van der Waals surface area contributed by atoms with Crippen LogP contribution in [0.25, 0.3) is 10.4 Å². The van der Waals surface area contributed by atoms with Gasteiger partial charge in [-0.2, -0.15) is 0 Å². The number of benzene rings is 1. The maximum atomic E-state index is 11.3. The van der Waals surface area contributed by atoms with Crippen molar-refractivity contribution in [2.45, 2.75) is 51.4 Å². The molecule has 24 heavy (non-hydrogen) atoms. The van der Waals surface area contributed by atoms with E-state index in [1.807, 2.05) is 0 Å². The summed E-state index contributed by atoms with van der Waals surface area (Å²) < 4.78 is 6.48. The molecule has 4 heteroatoms. The van der Waals surface area contributed by atoms with Gasteiger partial charge in [0.1, 0.15) is 5.75 Å². The van der Waals surface area contributed by atoms with Crippen LogP contribution in [0.1, 0.15) is 66.8 Å². The molecule has 128 valence electrons. The van der Waals surface area contributed by atoms with E-state index in [1.165, 1.54) is 47.3 Å². The van der Waals surface area contributed by atoms with Gasteiger partial charge in [-0.15, -0.1) is 11.3 Å². The standard InChI is InChI=1S/C20H23BrO2S/c1-4-5-6-7-8-20(2)15-11-17(21)18(23-3)10-14(15)19-16(20)9-13(12-22)24-19/h9-12H,4-8H2,1-3H3. The van der Waals surface area contributed by atoms with Crippen LogP contribution in [0.15, 0.2) is 22.7 Å². The normalized spacial score (nSPS) is 18.3. The van der Waals surface area contributed by atoms with E-state index in [-0.39, 0.29) is 5.41 Å². The van der Waals surface area contributed by atoms with Gasteiger partial charge in [0.2, 0.25) is 0 Å². The minimum absolute atomic E-state index is 0.0229. The summed E-state index contributed by atoms with van der Waals surface area (Å²) in [5.41, 5.74) is 3.86. The Morgan fingerprint density at radius 2 is 2.00 bits per heavy atom. The van der Waals surface area contributed by atoms with E-state index in [0.717, 1.165) is 27.8 Å². The van der Waals surface area contributed by atoms with Crippen LogP contribution in [0.2, 0.25) is 0 Å². The zero-order valence-electron chi connectivity index (χ0n) is 14.4. The predicted octanol–water partition coefficient (Wildman–Crippen LogP) is 6.59. The van der Waals surface area contributed by atoms with E-state index in [0.29, 0.717) is 0 Å². The Kier molecular flexibility index (Phi) is 5.16. The summed E-state index contributed by atoms with van der Waals surface area (Å²) in [4.78, 5) is 13.3. The molecule has 0 aliphatic heterocycles. The van der Waals surface area contributed by atoms with Gasteiger partial charge in [0.25, 0.3) is 0 Å². The van der Waals surface area contributed by atoms with Gasteiger partial charge in [0.05, 0.1) is 16.5 Å². The van der Waals surface area contributed by atoms with Crippen molar-refractivity contribution in [1.29, 1.82) is 0 Å². The second-order valence-corrected chi connectivity index (χ2v) is 8.62. The quantitative estimate of drug-likeness (QED) is 0.382. The maximum Gasteiger partial charge on any atom is 0.160 e. The number of thiophene rings is 1. The fourth-order valence-corrected chi connectivity index (χ4v) is 5.39. The average molecular weight is 407 g/mol.